The highest BCUT2D eigenvalue weighted by Gasteiger charge is 2.33. The number of nitrogens with one attached hydrogen (secondary N) is 1. The van der Waals surface area contributed by atoms with Gasteiger partial charge in [0, 0.05) is 24.7 Å². The first kappa shape index (κ1) is 22.9. The molecule has 1 heterocycles. The molecular weight excluding hydrogens is 452 g/mol. The third-order valence-electron chi connectivity index (χ3n) is 4.87. The average molecular weight is 470 g/mol. The zero-order chi connectivity index (χ0) is 22.6. The standard InChI is InChI=1S/C20H18ClF2N3O4S/c21-16-11-15(5-6-17(16)30-20(22)23)25-19(27)13-7-9-26(10-8-13)31(28,29)18-4-2-1-3-14(18)12-24/h1-6,11,13,20H,7-10H2,(H,25,27). The maximum absolute atomic E-state index is 12.9. The number of sulfonamides is 1. The van der Waals surface area contributed by atoms with E-state index in [2.05, 4.69) is 10.1 Å². The Hall–Kier alpha value is -2.74. The fourth-order valence-electron chi connectivity index (χ4n) is 3.30. The van der Waals surface area contributed by atoms with Gasteiger partial charge in [0.05, 0.1) is 15.5 Å². The molecule has 1 saturated heterocycles. The number of hydrogen-bond donors (Lipinski definition) is 1. The third kappa shape index (κ3) is 5.31. The highest BCUT2D eigenvalue weighted by Crippen LogP contribution is 2.30. The van der Waals surface area contributed by atoms with Gasteiger partial charge in [-0.3, -0.25) is 4.79 Å². The van der Waals surface area contributed by atoms with Crippen molar-refractivity contribution in [1.82, 2.24) is 4.31 Å². The number of nitriles is 1. The Bertz CT molecular complexity index is 1110. The van der Waals surface area contributed by atoms with Crippen LogP contribution < -0.4 is 10.1 Å². The predicted molar refractivity (Wildman–Crippen MR) is 109 cm³/mol. The lowest BCUT2D eigenvalue weighted by molar-refractivity contribution is -0.120. The number of ether oxygens (including phenoxy) is 1. The molecular formula is C20H18ClF2N3O4S. The van der Waals surface area contributed by atoms with Crippen molar-refractivity contribution in [3.8, 4) is 11.8 Å². The van der Waals surface area contributed by atoms with Gasteiger partial charge in [-0.1, -0.05) is 23.7 Å². The molecule has 0 aromatic heterocycles. The molecule has 7 nitrogen and oxygen atoms in total. The van der Waals surface area contributed by atoms with Gasteiger partial charge in [-0.25, -0.2) is 8.42 Å². The summed E-state index contributed by atoms with van der Waals surface area (Å²) in [6.07, 6.45) is 0.584. The number of amides is 1. The Morgan fingerprint density at radius 2 is 1.90 bits per heavy atom. The molecule has 0 aliphatic carbocycles. The van der Waals surface area contributed by atoms with E-state index < -0.39 is 22.6 Å². The number of alkyl halides is 2. The minimum absolute atomic E-state index is 0.0545. The number of carbonyl (C=O) groups is 1. The summed E-state index contributed by atoms with van der Waals surface area (Å²) in [5.74, 6) is -0.965. The molecule has 0 spiro atoms. The molecule has 31 heavy (non-hydrogen) atoms. The highest BCUT2D eigenvalue weighted by atomic mass is 35.5. The molecule has 11 heteroatoms. The molecule has 0 atom stereocenters. The molecule has 2 aromatic rings. The fraction of sp³-hybridized carbons (Fsp3) is 0.300. The normalized spacial score (nSPS) is 15.5. The molecule has 1 N–H and O–H groups in total. The fourth-order valence-corrected chi connectivity index (χ4v) is 5.13. The van der Waals surface area contributed by atoms with Gasteiger partial charge in [0.1, 0.15) is 11.8 Å². The molecule has 0 radical (unpaired) electrons. The maximum Gasteiger partial charge on any atom is 0.387 e. The molecule has 1 aliphatic heterocycles. The smallest absolute Gasteiger partial charge is 0.387 e. The summed E-state index contributed by atoms with van der Waals surface area (Å²) in [5, 5.41) is 11.8. The van der Waals surface area contributed by atoms with Gasteiger partial charge in [-0.2, -0.15) is 18.3 Å². The lowest BCUT2D eigenvalue weighted by atomic mass is 9.97. The highest BCUT2D eigenvalue weighted by molar-refractivity contribution is 7.89. The van der Waals surface area contributed by atoms with E-state index in [1.54, 1.807) is 12.1 Å². The van der Waals surface area contributed by atoms with E-state index in [1.165, 1.54) is 34.6 Å². The summed E-state index contributed by atoms with van der Waals surface area (Å²) in [7, 11) is -3.85. The molecule has 0 unspecified atom stereocenters. The molecule has 2 aromatic carbocycles. The van der Waals surface area contributed by atoms with Gasteiger partial charge in [0.15, 0.2) is 0 Å². The van der Waals surface area contributed by atoms with Crippen molar-refractivity contribution in [1.29, 1.82) is 5.26 Å². The quantitative estimate of drug-likeness (QED) is 0.692. The van der Waals surface area contributed by atoms with Crippen molar-refractivity contribution in [2.75, 3.05) is 18.4 Å². The van der Waals surface area contributed by atoms with Crippen LogP contribution in [0.4, 0.5) is 14.5 Å². The molecule has 1 fully saturated rings. The number of piperidine rings is 1. The molecule has 1 aliphatic rings. The first-order valence-electron chi connectivity index (χ1n) is 9.27. The largest absolute Gasteiger partial charge is 0.433 e. The third-order valence-corrected chi connectivity index (χ3v) is 7.12. The molecule has 3 rings (SSSR count). The van der Waals surface area contributed by atoms with E-state index >= 15 is 0 Å². The van der Waals surface area contributed by atoms with Crippen molar-refractivity contribution in [3.63, 3.8) is 0 Å². The van der Waals surface area contributed by atoms with Crippen LogP contribution in [0.2, 0.25) is 5.02 Å². The number of benzene rings is 2. The molecule has 164 valence electrons. The van der Waals surface area contributed by atoms with Crippen molar-refractivity contribution in [3.05, 3.63) is 53.1 Å². The number of carbonyl (C=O) groups excluding carboxylic acids is 1. The maximum atomic E-state index is 12.9. The zero-order valence-corrected chi connectivity index (χ0v) is 17.7. The average Bonchev–Trinajstić information content (AvgIpc) is 2.75. The SMILES string of the molecule is N#Cc1ccccc1S(=O)(=O)N1CCC(C(=O)Nc2ccc(OC(F)F)c(Cl)c2)CC1. The van der Waals surface area contributed by atoms with E-state index in [0.29, 0.717) is 18.5 Å². The second-order valence-corrected chi connectivity index (χ2v) is 9.11. The van der Waals surface area contributed by atoms with Crippen LogP contribution in [0, 0.1) is 17.2 Å². The van der Waals surface area contributed by atoms with E-state index in [1.807, 2.05) is 6.07 Å². The van der Waals surface area contributed by atoms with Crippen molar-refractivity contribution < 1.29 is 26.7 Å². The van der Waals surface area contributed by atoms with E-state index in [4.69, 9.17) is 11.6 Å². The van der Waals surface area contributed by atoms with Gasteiger partial charge >= 0.3 is 6.61 Å². The topological polar surface area (TPSA) is 99.5 Å². The Balaban J connectivity index is 1.62. The van der Waals surface area contributed by atoms with Crippen molar-refractivity contribution >= 4 is 33.2 Å². The Morgan fingerprint density at radius 3 is 2.52 bits per heavy atom. The number of hydrogen-bond acceptors (Lipinski definition) is 5. The lowest BCUT2D eigenvalue weighted by Crippen LogP contribution is -2.41. The van der Waals surface area contributed by atoms with Crippen LogP contribution in [-0.2, 0) is 14.8 Å². The van der Waals surface area contributed by atoms with Gasteiger partial charge in [0.2, 0.25) is 15.9 Å². The monoisotopic (exact) mass is 469 g/mol. The van der Waals surface area contributed by atoms with Gasteiger partial charge < -0.3 is 10.1 Å². The summed E-state index contributed by atoms with van der Waals surface area (Å²) in [5.41, 5.74) is 0.383. The van der Waals surface area contributed by atoms with Gasteiger partial charge in [-0.05, 0) is 43.2 Å². The van der Waals surface area contributed by atoms with Crippen molar-refractivity contribution in [2.24, 2.45) is 5.92 Å². The number of nitrogens with zero attached hydrogens (tertiary/aromatic N) is 2. The second kappa shape index (κ2) is 9.60. The predicted octanol–water partition coefficient (Wildman–Crippen LogP) is 3.85. The van der Waals surface area contributed by atoms with Crippen LogP contribution in [0.3, 0.4) is 0 Å². The number of rotatable bonds is 6. The minimum atomic E-state index is -3.85. The summed E-state index contributed by atoms with van der Waals surface area (Å²) in [6, 6.07) is 11.8. The van der Waals surface area contributed by atoms with E-state index in [0.717, 1.165) is 0 Å². The minimum Gasteiger partial charge on any atom is -0.433 e. The van der Waals surface area contributed by atoms with Crippen LogP contribution >= 0.6 is 11.6 Å². The zero-order valence-electron chi connectivity index (χ0n) is 16.1. The lowest BCUT2D eigenvalue weighted by Gasteiger charge is -2.30. The van der Waals surface area contributed by atoms with E-state index in [9.17, 15) is 27.3 Å². The van der Waals surface area contributed by atoms with E-state index in [-0.39, 0.29) is 40.2 Å². The second-order valence-electron chi connectivity index (χ2n) is 6.80. The molecule has 0 saturated carbocycles. The number of anilines is 1. The summed E-state index contributed by atoms with van der Waals surface area (Å²) in [4.78, 5) is 12.5. The molecule has 0 bridgehead atoms. The van der Waals surface area contributed by atoms with Crippen molar-refractivity contribution in [2.45, 2.75) is 24.3 Å². The van der Waals surface area contributed by atoms with Crippen LogP contribution in [0.5, 0.6) is 5.75 Å². The first-order chi connectivity index (χ1) is 14.7. The summed E-state index contributed by atoms with van der Waals surface area (Å²) >= 11 is 5.89. The Labute approximate surface area is 183 Å². The Kier molecular flexibility index (Phi) is 7.10. The van der Waals surface area contributed by atoms with Crippen LogP contribution in [-0.4, -0.2) is 38.3 Å². The van der Waals surface area contributed by atoms with Crippen LogP contribution in [0.1, 0.15) is 18.4 Å². The number of halogens is 3. The summed E-state index contributed by atoms with van der Waals surface area (Å²) < 4.78 is 55.9. The van der Waals surface area contributed by atoms with Crippen LogP contribution in [0.15, 0.2) is 47.4 Å². The Morgan fingerprint density at radius 1 is 1.23 bits per heavy atom. The first-order valence-corrected chi connectivity index (χ1v) is 11.1. The molecule has 1 amide bonds. The van der Waals surface area contributed by atoms with Gasteiger partial charge in [0.25, 0.3) is 0 Å². The van der Waals surface area contributed by atoms with Gasteiger partial charge in [-0.15, -0.1) is 0 Å². The van der Waals surface area contributed by atoms with Crippen LogP contribution in [0.25, 0.3) is 0 Å². The summed E-state index contributed by atoms with van der Waals surface area (Å²) in [6.45, 7) is -2.76.